The normalized spacial score (nSPS) is 20.0. The van der Waals surface area contributed by atoms with Gasteiger partial charge in [-0.3, -0.25) is 4.90 Å². The van der Waals surface area contributed by atoms with Gasteiger partial charge in [-0.25, -0.2) is 9.97 Å². The summed E-state index contributed by atoms with van der Waals surface area (Å²) in [6.07, 6.45) is 0.826. The van der Waals surface area contributed by atoms with Gasteiger partial charge in [0.25, 0.3) is 0 Å². The van der Waals surface area contributed by atoms with Crippen LogP contribution >= 0.6 is 15.9 Å². The van der Waals surface area contributed by atoms with Crippen LogP contribution in [0.4, 0.5) is 5.82 Å². The summed E-state index contributed by atoms with van der Waals surface area (Å²) in [6.45, 7) is 12.0. The van der Waals surface area contributed by atoms with Crippen LogP contribution in [0.25, 0.3) is 0 Å². The number of hydrogen-bond acceptors (Lipinski definition) is 5. The van der Waals surface area contributed by atoms with Gasteiger partial charge in [-0.15, -0.1) is 0 Å². The van der Waals surface area contributed by atoms with Gasteiger partial charge in [-0.1, -0.05) is 6.92 Å². The van der Waals surface area contributed by atoms with E-state index in [1.165, 1.54) is 0 Å². The molecule has 1 saturated heterocycles. The van der Waals surface area contributed by atoms with Crippen LogP contribution in [0.3, 0.4) is 0 Å². The summed E-state index contributed by atoms with van der Waals surface area (Å²) in [5.41, 5.74) is 1.03. The summed E-state index contributed by atoms with van der Waals surface area (Å²) >= 11 is 3.60. The minimum atomic E-state index is -0.0445. The molecule has 21 heavy (non-hydrogen) atoms. The number of halogens is 1. The summed E-state index contributed by atoms with van der Waals surface area (Å²) in [7, 11) is 0. The summed E-state index contributed by atoms with van der Waals surface area (Å²) in [5.74, 6) is 1.65. The Morgan fingerprint density at radius 1 is 1.38 bits per heavy atom. The van der Waals surface area contributed by atoms with E-state index in [0.717, 1.165) is 54.5 Å². The number of aromatic nitrogens is 2. The van der Waals surface area contributed by atoms with Crippen molar-refractivity contribution in [3.8, 4) is 0 Å². The van der Waals surface area contributed by atoms with E-state index < -0.39 is 0 Å². The Labute approximate surface area is 135 Å². The number of hydrogen-bond donors (Lipinski definition) is 1. The van der Waals surface area contributed by atoms with Crippen molar-refractivity contribution in [1.29, 1.82) is 0 Å². The molecule has 0 amide bonds. The molecule has 1 atom stereocenters. The first-order valence-electron chi connectivity index (χ1n) is 7.72. The molecule has 0 bridgehead atoms. The molecule has 0 aromatic carbocycles. The maximum atomic E-state index is 5.91. The van der Waals surface area contributed by atoms with Crippen LogP contribution in [0, 0.1) is 0 Å². The summed E-state index contributed by atoms with van der Waals surface area (Å²) in [6, 6.07) is 0.519. The third-order valence-corrected chi connectivity index (χ3v) is 4.57. The van der Waals surface area contributed by atoms with E-state index in [0.29, 0.717) is 6.04 Å². The second kappa shape index (κ2) is 7.51. The number of anilines is 1. The fourth-order valence-electron chi connectivity index (χ4n) is 2.47. The lowest BCUT2D eigenvalue weighted by atomic mass is 10.2. The Morgan fingerprint density at radius 2 is 2.14 bits per heavy atom. The molecule has 1 aromatic heterocycles. The smallest absolute Gasteiger partial charge is 0.161 e. The zero-order valence-corrected chi connectivity index (χ0v) is 14.9. The third kappa shape index (κ3) is 3.93. The van der Waals surface area contributed by atoms with Crippen molar-refractivity contribution in [2.24, 2.45) is 0 Å². The summed E-state index contributed by atoms with van der Waals surface area (Å²) < 4.78 is 6.87. The molecule has 1 aliphatic rings. The fourth-order valence-corrected chi connectivity index (χ4v) is 3.07. The number of nitrogens with one attached hydrogen (secondary N) is 1. The van der Waals surface area contributed by atoms with E-state index in [4.69, 9.17) is 9.72 Å². The number of ether oxygens (including phenoxy) is 1. The molecule has 1 aromatic rings. The maximum absolute atomic E-state index is 5.91. The van der Waals surface area contributed by atoms with E-state index in [1.54, 1.807) is 0 Å². The average molecular weight is 357 g/mol. The zero-order valence-electron chi connectivity index (χ0n) is 13.3. The molecule has 1 N–H and O–H groups in total. The molecule has 5 nitrogen and oxygen atoms in total. The van der Waals surface area contributed by atoms with Gasteiger partial charge in [0.1, 0.15) is 11.9 Å². The first-order valence-corrected chi connectivity index (χ1v) is 8.51. The molecular formula is C15H25BrN4O. The molecule has 0 spiro atoms. The van der Waals surface area contributed by atoms with Crippen molar-refractivity contribution in [3.05, 3.63) is 16.0 Å². The molecule has 0 radical (unpaired) electrons. The quantitative estimate of drug-likeness (QED) is 0.878. The lowest BCUT2D eigenvalue weighted by molar-refractivity contribution is -0.0443. The lowest BCUT2D eigenvalue weighted by Gasteiger charge is -2.35. The molecule has 6 heteroatoms. The van der Waals surface area contributed by atoms with Gasteiger partial charge >= 0.3 is 0 Å². The summed E-state index contributed by atoms with van der Waals surface area (Å²) in [5, 5.41) is 3.30. The second-order valence-corrected chi connectivity index (χ2v) is 6.32. The molecular weight excluding hydrogens is 332 g/mol. The van der Waals surface area contributed by atoms with Gasteiger partial charge in [0.15, 0.2) is 5.82 Å². The fraction of sp³-hybridized carbons (Fsp3) is 0.733. The van der Waals surface area contributed by atoms with Gasteiger partial charge in [0, 0.05) is 25.7 Å². The van der Waals surface area contributed by atoms with E-state index in [9.17, 15) is 0 Å². The Bertz CT molecular complexity index is 481. The molecule has 1 aliphatic heterocycles. The Kier molecular flexibility index (Phi) is 5.96. The van der Waals surface area contributed by atoms with Gasteiger partial charge < -0.3 is 10.1 Å². The molecule has 1 unspecified atom stereocenters. The predicted molar refractivity (Wildman–Crippen MR) is 88.7 cm³/mol. The highest BCUT2D eigenvalue weighted by atomic mass is 79.9. The Morgan fingerprint density at radius 3 is 2.76 bits per heavy atom. The summed E-state index contributed by atoms with van der Waals surface area (Å²) in [4.78, 5) is 11.8. The van der Waals surface area contributed by atoms with Crippen molar-refractivity contribution in [2.75, 3.05) is 31.6 Å². The number of nitrogens with zero attached hydrogens (tertiary/aromatic N) is 3. The first-order chi connectivity index (χ1) is 10.1. The van der Waals surface area contributed by atoms with Crippen LogP contribution in [0.1, 0.15) is 45.3 Å². The van der Waals surface area contributed by atoms with Crippen molar-refractivity contribution in [1.82, 2.24) is 14.9 Å². The van der Waals surface area contributed by atoms with Gasteiger partial charge in [0.05, 0.1) is 16.8 Å². The molecule has 118 valence electrons. The molecule has 1 fully saturated rings. The van der Waals surface area contributed by atoms with Crippen LogP contribution in [0.5, 0.6) is 0 Å². The van der Waals surface area contributed by atoms with Crippen molar-refractivity contribution >= 4 is 21.7 Å². The Balaban J connectivity index is 2.27. The topological polar surface area (TPSA) is 50.3 Å². The van der Waals surface area contributed by atoms with E-state index in [1.807, 2.05) is 0 Å². The van der Waals surface area contributed by atoms with Crippen molar-refractivity contribution in [3.63, 3.8) is 0 Å². The number of morpholine rings is 1. The highest BCUT2D eigenvalue weighted by Crippen LogP contribution is 2.28. The molecule has 0 saturated carbocycles. The van der Waals surface area contributed by atoms with Crippen LogP contribution in [0.15, 0.2) is 4.47 Å². The van der Waals surface area contributed by atoms with Crippen molar-refractivity contribution < 1.29 is 4.74 Å². The minimum Gasteiger partial charge on any atom is -0.369 e. The highest BCUT2D eigenvalue weighted by Gasteiger charge is 2.27. The lowest BCUT2D eigenvalue weighted by Crippen LogP contribution is -2.42. The van der Waals surface area contributed by atoms with Crippen LogP contribution in [-0.2, 0) is 11.2 Å². The number of aryl methyl sites for hydroxylation is 1. The standard InChI is InChI=1S/C15H25BrN4O/c1-5-11-13(16)15(17-6-2)19-14(18-11)12-9-20(10(3)4)7-8-21-12/h10,12H,5-9H2,1-4H3,(H,17,18,19). The highest BCUT2D eigenvalue weighted by molar-refractivity contribution is 9.10. The monoisotopic (exact) mass is 356 g/mol. The van der Waals surface area contributed by atoms with E-state index in [-0.39, 0.29) is 6.10 Å². The largest absolute Gasteiger partial charge is 0.369 e. The zero-order chi connectivity index (χ0) is 15.4. The van der Waals surface area contributed by atoms with Crippen LogP contribution in [-0.4, -0.2) is 47.2 Å². The van der Waals surface area contributed by atoms with Crippen LogP contribution < -0.4 is 5.32 Å². The average Bonchev–Trinajstić information content (AvgIpc) is 2.49. The van der Waals surface area contributed by atoms with Crippen LogP contribution in [0.2, 0.25) is 0 Å². The first kappa shape index (κ1) is 16.6. The maximum Gasteiger partial charge on any atom is 0.161 e. The Hall–Kier alpha value is -0.720. The molecule has 2 rings (SSSR count). The molecule has 0 aliphatic carbocycles. The third-order valence-electron chi connectivity index (χ3n) is 3.73. The van der Waals surface area contributed by atoms with Gasteiger partial charge in [0.2, 0.25) is 0 Å². The van der Waals surface area contributed by atoms with E-state index in [2.05, 4.69) is 58.8 Å². The predicted octanol–water partition coefficient (Wildman–Crippen LogP) is 3.02. The van der Waals surface area contributed by atoms with Gasteiger partial charge in [-0.2, -0.15) is 0 Å². The molecule has 2 heterocycles. The number of rotatable bonds is 5. The minimum absolute atomic E-state index is 0.0445. The van der Waals surface area contributed by atoms with Gasteiger partial charge in [-0.05, 0) is 43.1 Å². The van der Waals surface area contributed by atoms with E-state index >= 15 is 0 Å². The SMILES string of the molecule is CCNc1nc(C2CN(C(C)C)CCO2)nc(CC)c1Br. The second-order valence-electron chi connectivity index (χ2n) is 5.52. The van der Waals surface area contributed by atoms with Crippen molar-refractivity contribution in [2.45, 2.75) is 46.3 Å².